The Morgan fingerprint density at radius 3 is 2.50 bits per heavy atom. The van der Waals surface area contributed by atoms with Crippen LogP contribution in [0.4, 0.5) is 0 Å². The number of amides is 1. The molecule has 0 spiro atoms. The summed E-state index contributed by atoms with van der Waals surface area (Å²) in [6, 6.07) is 16.1. The normalized spacial score (nSPS) is 10.4. The highest BCUT2D eigenvalue weighted by Crippen LogP contribution is 2.17. The fourth-order valence-corrected chi connectivity index (χ4v) is 1.88. The van der Waals surface area contributed by atoms with Gasteiger partial charge in [0.15, 0.2) is 6.61 Å². The lowest BCUT2D eigenvalue weighted by atomic mass is 10.2. The summed E-state index contributed by atoms with van der Waals surface area (Å²) in [7, 11) is 0. The van der Waals surface area contributed by atoms with Crippen LogP contribution in [0.1, 0.15) is 16.2 Å². The third-order valence-corrected chi connectivity index (χ3v) is 3.00. The number of nitrogens with zero attached hydrogens (tertiary/aromatic N) is 2. The Balaban J connectivity index is 1.65. The zero-order valence-electron chi connectivity index (χ0n) is 11.6. The van der Waals surface area contributed by atoms with Gasteiger partial charge in [-0.1, -0.05) is 35.5 Å². The topological polar surface area (TPSA) is 91.2 Å². The fourth-order valence-electron chi connectivity index (χ4n) is 1.88. The molecular weight excluding hydrogens is 282 g/mol. The van der Waals surface area contributed by atoms with Crippen molar-refractivity contribution in [1.82, 2.24) is 10.1 Å². The maximum Gasteiger partial charge on any atom is 0.264 e. The summed E-state index contributed by atoms with van der Waals surface area (Å²) in [5, 5.41) is 3.91. The minimum Gasteiger partial charge on any atom is -0.484 e. The molecule has 0 fully saturated rings. The first-order chi connectivity index (χ1) is 10.7. The largest absolute Gasteiger partial charge is 0.484 e. The lowest BCUT2D eigenvalue weighted by molar-refractivity contribution is 0.1000. The lowest BCUT2D eigenvalue weighted by Gasteiger charge is -2.03. The van der Waals surface area contributed by atoms with Crippen molar-refractivity contribution < 1.29 is 14.1 Å². The molecule has 0 bridgehead atoms. The summed E-state index contributed by atoms with van der Waals surface area (Å²) >= 11 is 0. The first kappa shape index (κ1) is 13.8. The van der Waals surface area contributed by atoms with Crippen LogP contribution in [-0.4, -0.2) is 16.0 Å². The van der Waals surface area contributed by atoms with E-state index < -0.39 is 5.91 Å². The lowest BCUT2D eigenvalue weighted by Crippen LogP contribution is -2.10. The molecule has 3 rings (SSSR count). The summed E-state index contributed by atoms with van der Waals surface area (Å²) in [5.41, 5.74) is 6.48. The monoisotopic (exact) mass is 295 g/mol. The number of ether oxygens (including phenoxy) is 1. The summed E-state index contributed by atoms with van der Waals surface area (Å²) < 4.78 is 10.7. The summed E-state index contributed by atoms with van der Waals surface area (Å²) in [5.74, 6) is 1.00. The zero-order valence-corrected chi connectivity index (χ0v) is 11.6. The van der Waals surface area contributed by atoms with Crippen LogP contribution in [-0.2, 0) is 6.61 Å². The van der Waals surface area contributed by atoms with Crippen molar-refractivity contribution in [2.24, 2.45) is 5.73 Å². The van der Waals surface area contributed by atoms with Crippen LogP contribution in [0.5, 0.6) is 5.75 Å². The number of aromatic nitrogens is 2. The fraction of sp³-hybridized carbons (Fsp3) is 0.0625. The molecule has 0 saturated heterocycles. The van der Waals surface area contributed by atoms with Crippen LogP contribution in [0, 0.1) is 0 Å². The molecule has 0 atom stereocenters. The van der Waals surface area contributed by atoms with Gasteiger partial charge < -0.3 is 15.0 Å². The quantitative estimate of drug-likeness (QED) is 0.780. The molecule has 0 radical (unpaired) electrons. The van der Waals surface area contributed by atoms with Crippen molar-refractivity contribution in [3.63, 3.8) is 0 Å². The van der Waals surface area contributed by atoms with Gasteiger partial charge in [0.2, 0.25) is 11.7 Å². The van der Waals surface area contributed by atoms with E-state index in [4.69, 9.17) is 15.0 Å². The van der Waals surface area contributed by atoms with Crippen molar-refractivity contribution in [2.75, 3.05) is 0 Å². The predicted molar refractivity (Wildman–Crippen MR) is 79.0 cm³/mol. The molecule has 0 saturated carbocycles. The Kier molecular flexibility index (Phi) is 3.82. The maximum atomic E-state index is 11.0. The number of hydrogen-bond donors (Lipinski definition) is 1. The number of nitrogens with two attached hydrogens (primary N) is 1. The van der Waals surface area contributed by atoms with E-state index in [2.05, 4.69) is 10.1 Å². The number of primary amides is 1. The molecule has 1 heterocycles. The van der Waals surface area contributed by atoms with Crippen molar-refractivity contribution in [3.05, 3.63) is 66.1 Å². The molecule has 6 nitrogen and oxygen atoms in total. The molecule has 0 unspecified atom stereocenters. The van der Waals surface area contributed by atoms with Gasteiger partial charge in [0.1, 0.15) is 5.75 Å². The van der Waals surface area contributed by atoms with Gasteiger partial charge in [0.25, 0.3) is 5.89 Å². The van der Waals surface area contributed by atoms with E-state index in [9.17, 15) is 4.79 Å². The highest BCUT2D eigenvalue weighted by Gasteiger charge is 2.09. The Bertz CT molecular complexity index is 767. The van der Waals surface area contributed by atoms with E-state index in [1.165, 1.54) is 0 Å². The first-order valence-corrected chi connectivity index (χ1v) is 6.63. The number of benzene rings is 2. The maximum absolute atomic E-state index is 11.0. The van der Waals surface area contributed by atoms with Crippen molar-refractivity contribution >= 4 is 5.91 Å². The molecule has 22 heavy (non-hydrogen) atoms. The summed E-state index contributed by atoms with van der Waals surface area (Å²) in [4.78, 5) is 15.2. The highest BCUT2D eigenvalue weighted by molar-refractivity contribution is 5.92. The molecule has 6 heteroatoms. The smallest absolute Gasteiger partial charge is 0.264 e. The third kappa shape index (κ3) is 3.12. The second-order valence-corrected chi connectivity index (χ2v) is 4.56. The average Bonchev–Trinajstić information content (AvgIpc) is 3.03. The molecular formula is C16H13N3O3. The molecule has 1 aromatic heterocycles. The van der Waals surface area contributed by atoms with E-state index in [0.717, 1.165) is 5.56 Å². The van der Waals surface area contributed by atoms with Gasteiger partial charge in [-0.2, -0.15) is 4.98 Å². The molecule has 0 aliphatic heterocycles. The summed E-state index contributed by atoms with van der Waals surface area (Å²) in [6.07, 6.45) is 0. The minimum atomic E-state index is -0.476. The Labute approximate surface area is 126 Å². The van der Waals surface area contributed by atoms with Gasteiger partial charge in [-0.25, -0.2) is 0 Å². The van der Waals surface area contributed by atoms with Crippen LogP contribution in [0.2, 0.25) is 0 Å². The van der Waals surface area contributed by atoms with E-state index >= 15 is 0 Å². The van der Waals surface area contributed by atoms with Crippen LogP contribution >= 0.6 is 0 Å². The van der Waals surface area contributed by atoms with Crippen molar-refractivity contribution in [1.29, 1.82) is 0 Å². The van der Waals surface area contributed by atoms with Crippen LogP contribution in [0.15, 0.2) is 59.1 Å². The zero-order chi connectivity index (χ0) is 15.4. The van der Waals surface area contributed by atoms with Crippen molar-refractivity contribution in [2.45, 2.75) is 6.61 Å². The molecule has 3 aromatic rings. The van der Waals surface area contributed by atoms with Crippen LogP contribution in [0.25, 0.3) is 11.4 Å². The van der Waals surface area contributed by atoms with Gasteiger partial charge in [0, 0.05) is 11.1 Å². The minimum absolute atomic E-state index is 0.149. The highest BCUT2D eigenvalue weighted by atomic mass is 16.5. The molecule has 0 aliphatic rings. The van der Waals surface area contributed by atoms with Crippen molar-refractivity contribution in [3.8, 4) is 17.1 Å². The van der Waals surface area contributed by atoms with Crippen LogP contribution in [0.3, 0.4) is 0 Å². The number of carbonyl (C=O) groups excluding carboxylic acids is 1. The van der Waals surface area contributed by atoms with Crippen LogP contribution < -0.4 is 10.5 Å². The SMILES string of the molecule is NC(=O)c1ccc(OCc2nc(-c3ccccc3)no2)cc1. The molecule has 2 N–H and O–H groups in total. The molecule has 1 amide bonds. The Morgan fingerprint density at radius 1 is 1.09 bits per heavy atom. The molecule has 2 aromatic carbocycles. The predicted octanol–water partition coefficient (Wildman–Crippen LogP) is 2.41. The average molecular weight is 295 g/mol. The standard InChI is InChI=1S/C16H13N3O3/c17-15(20)11-6-8-13(9-7-11)21-10-14-18-16(19-22-14)12-4-2-1-3-5-12/h1-9H,10H2,(H2,17,20). The molecule has 0 aliphatic carbocycles. The van der Waals surface area contributed by atoms with Gasteiger partial charge in [-0.05, 0) is 24.3 Å². The summed E-state index contributed by atoms with van der Waals surface area (Å²) in [6.45, 7) is 0.149. The van der Waals surface area contributed by atoms with E-state index in [-0.39, 0.29) is 6.61 Å². The van der Waals surface area contributed by atoms with E-state index in [1.54, 1.807) is 24.3 Å². The van der Waals surface area contributed by atoms with Gasteiger partial charge in [0.05, 0.1) is 0 Å². The van der Waals surface area contributed by atoms with Gasteiger partial charge >= 0.3 is 0 Å². The second kappa shape index (κ2) is 6.09. The third-order valence-electron chi connectivity index (χ3n) is 3.00. The Hall–Kier alpha value is -3.15. The number of rotatable bonds is 5. The second-order valence-electron chi connectivity index (χ2n) is 4.56. The number of hydrogen-bond acceptors (Lipinski definition) is 5. The van der Waals surface area contributed by atoms with E-state index in [1.807, 2.05) is 30.3 Å². The van der Waals surface area contributed by atoms with E-state index in [0.29, 0.717) is 23.0 Å². The van der Waals surface area contributed by atoms with Gasteiger partial charge in [-0.15, -0.1) is 0 Å². The Morgan fingerprint density at radius 2 is 1.82 bits per heavy atom. The first-order valence-electron chi connectivity index (χ1n) is 6.63. The molecule has 110 valence electrons. The van der Waals surface area contributed by atoms with Gasteiger partial charge in [-0.3, -0.25) is 4.79 Å². The number of carbonyl (C=O) groups is 1.